The first kappa shape index (κ1) is 15.2. The molecular weight excluding hydrogens is 290 g/mol. The van der Waals surface area contributed by atoms with Crippen molar-refractivity contribution in [1.29, 1.82) is 0 Å². The summed E-state index contributed by atoms with van der Waals surface area (Å²) in [7, 11) is 0. The molecule has 3 aromatic carbocycles. The molecule has 4 rings (SSSR count). The van der Waals surface area contributed by atoms with Crippen molar-refractivity contribution in [1.82, 2.24) is 4.90 Å². The van der Waals surface area contributed by atoms with Gasteiger partial charge in [0.1, 0.15) is 0 Å². The van der Waals surface area contributed by atoms with Crippen LogP contribution in [0.1, 0.15) is 35.2 Å². The van der Waals surface area contributed by atoms with Gasteiger partial charge in [-0.3, -0.25) is 4.90 Å². The van der Waals surface area contributed by atoms with Gasteiger partial charge in [-0.25, -0.2) is 0 Å². The highest BCUT2D eigenvalue weighted by atomic mass is 15.4. The summed E-state index contributed by atoms with van der Waals surface area (Å²) in [4.78, 5) is 2.60. The standard InChI is InChI=1S/C23H23N/c1-18-13-15-20(16-14-18)19(2)24-17-23(24,21-9-5-3-6-10-21)22-11-7-4-8-12-22/h3-16,19H,17H2,1-2H3. The van der Waals surface area contributed by atoms with Gasteiger partial charge < -0.3 is 0 Å². The maximum Gasteiger partial charge on any atom is 0.0851 e. The van der Waals surface area contributed by atoms with Crippen LogP contribution in [-0.4, -0.2) is 11.4 Å². The monoisotopic (exact) mass is 313 g/mol. The number of nitrogens with zero attached hydrogens (tertiary/aromatic N) is 1. The first-order chi connectivity index (χ1) is 11.7. The molecule has 120 valence electrons. The summed E-state index contributed by atoms with van der Waals surface area (Å²) in [6.45, 7) is 5.53. The average Bonchev–Trinajstić information content (AvgIpc) is 3.40. The molecule has 0 N–H and O–H groups in total. The molecule has 1 saturated heterocycles. The summed E-state index contributed by atoms with van der Waals surface area (Å²) in [5, 5.41) is 0. The zero-order valence-corrected chi connectivity index (χ0v) is 14.3. The third-order valence-corrected chi connectivity index (χ3v) is 5.32. The van der Waals surface area contributed by atoms with Gasteiger partial charge in [-0.05, 0) is 30.5 Å². The lowest BCUT2D eigenvalue weighted by atomic mass is 9.90. The van der Waals surface area contributed by atoms with Gasteiger partial charge in [-0.2, -0.15) is 0 Å². The molecule has 3 aromatic rings. The Labute approximate surface area is 144 Å². The molecule has 1 heterocycles. The van der Waals surface area contributed by atoms with Crippen LogP contribution in [0.5, 0.6) is 0 Å². The van der Waals surface area contributed by atoms with Crippen molar-refractivity contribution in [2.24, 2.45) is 0 Å². The third-order valence-electron chi connectivity index (χ3n) is 5.32. The van der Waals surface area contributed by atoms with Crippen molar-refractivity contribution in [3.8, 4) is 0 Å². The van der Waals surface area contributed by atoms with E-state index in [2.05, 4.69) is 104 Å². The first-order valence-electron chi connectivity index (χ1n) is 8.66. The summed E-state index contributed by atoms with van der Waals surface area (Å²) in [6, 6.07) is 31.2. The van der Waals surface area contributed by atoms with Crippen LogP contribution in [0.4, 0.5) is 0 Å². The Hall–Kier alpha value is -2.38. The van der Waals surface area contributed by atoms with Gasteiger partial charge in [-0.1, -0.05) is 90.5 Å². The predicted molar refractivity (Wildman–Crippen MR) is 100.0 cm³/mol. The first-order valence-corrected chi connectivity index (χ1v) is 8.66. The molecule has 0 saturated carbocycles. The molecule has 0 aliphatic carbocycles. The zero-order valence-electron chi connectivity index (χ0n) is 14.3. The normalized spacial score (nSPS) is 19.7. The summed E-state index contributed by atoms with van der Waals surface area (Å²) < 4.78 is 0. The van der Waals surface area contributed by atoms with E-state index in [1.54, 1.807) is 0 Å². The summed E-state index contributed by atoms with van der Waals surface area (Å²) >= 11 is 0. The second-order valence-corrected chi connectivity index (χ2v) is 6.81. The molecule has 1 aliphatic rings. The summed E-state index contributed by atoms with van der Waals surface area (Å²) in [6.07, 6.45) is 0. The van der Waals surface area contributed by atoms with Crippen LogP contribution in [0.15, 0.2) is 84.9 Å². The predicted octanol–water partition coefficient (Wildman–Crippen LogP) is 5.32. The lowest BCUT2D eigenvalue weighted by Crippen LogP contribution is -2.20. The van der Waals surface area contributed by atoms with Gasteiger partial charge in [0.25, 0.3) is 0 Å². The fourth-order valence-electron chi connectivity index (χ4n) is 3.81. The topological polar surface area (TPSA) is 3.01 Å². The Bertz CT molecular complexity index is 766. The smallest absolute Gasteiger partial charge is 0.0851 e. The number of aryl methyl sites for hydroxylation is 1. The van der Waals surface area contributed by atoms with E-state index in [0.29, 0.717) is 6.04 Å². The minimum Gasteiger partial charge on any atom is -0.279 e. The average molecular weight is 313 g/mol. The van der Waals surface area contributed by atoms with Crippen LogP contribution in [0, 0.1) is 6.92 Å². The maximum absolute atomic E-state index is 2.60. The Morgan fingerprint density at radius 2 is 1.25 bits per heavy atom. The molecule has 1 aliphatic heterocycles. The fourth-order valence-corrected chi connectivity index (χ4v) is 3.81. The fraction of sp³-hybridized carbons (Fsp3) is 0.217. The van der Waals surface area contributed by atoms with Gasteiger partial charge >= 0.3 is 0 Å². The zero-order chi connectivity index (χ0) is 16.6. The van der Waals surface area contributed by atoms with E-state index in [1.807, 2.05) is 0 Å². The molecule has 0 spiro atoms. The minimum absolute atomic E-state index is 0.00677. The molecule has 24 heavy (non-hydrogen) atoms. The molecule has 0 amide bonds. The van der Waals surface area contributed by atoms with Crippen LogP contribution >= 0.6 is 0 Å². The molecule has 1 fully saturated rings. The highest BCUT2D eigenvalue weighted by molar-refractivity contribution is 5.46. The van der Waals surface area contributed by atoms with Crippen LogP contribution in [0.3, 0.4) is 0 Å². The van der Waals surface area contributed by atoms with Crippen molar-refractivity contribution >= 4 is 0 Å². The highest BCUT2D eigenvalue weighted by Crippen LogP contribution is 2.52. The van der Waals surface area contributed by atoms with Crippen molar-refractivity contribution in [2.45, 2.75) is 25.4 Å². The number of benzene rings is 3. The van der Waals surface area contributed by atoms with Crippen molar-refractivity contribution in [3.63, 3.8) is 0 Å². The summed E-state index contributed by atoms with van der Waals surface area (Å²) in [5.74, 6) is 0. The second kappa shape index (κ2) is 5.92. The molecule has 2 atom stereocenters. The van der Waals surface area contributed by atoms with Crippen LogP contribution in [0.2, 0.25) is 0 Å². The molecule has 0 bridgehead atoms. The van der Waals surface area contributed by atoms with Crippen LogP contribution < -0.4 is 0 Å². The van der Waals surface area contributed by atoms with E-state index in [4.69, 9.17) is 0 Å². The van der Waals surface area contributed by atoms with Gasteiger partial charge in [0, 0.05) is 12.6 Å². The second-order valence-electron chi connectivity index (χ2n) is 6.81. The van der Waals surface area contributed by atoms with Gasteiger partial charge in [0.05, 0.1) is 5.54 Å². The largest absolute Gasteiger partial charge is 0.279 e. The SMILES string of the molecule is Cc1ccc(C(C)N2CC2(c2ccccc2)c2ccccc2)cc1. The van der Waals surface area contributed by atoms with Crippen LogP contribution in [0.25, 0.3) is 0 Å². The lowest BCUT2D eigenvalue weighted by Gasteiger charge is -2.24. The Kier molecular flexibility index (Phi) is 3.74. The minimum atomic E-state index is 0.00677. The Balaban J connectivity index is 1.74. The van der Waals surface area contributed by atoms with E-state index >= 15 is 0 Å². The van der Waals surface area contributed by atoms with Gasteiger partial charge in [0.2, 0.25) is 0 Å². The molecule has 1 heteroatoms. The third kappa shape index (κ3) is 2.46. The Morgan fingerprint density at radius 3 is 1.75 bits per heavy atom. The van der Waals surface area contributed by atoms with E-state index in [-0.39, 0.29) is 5.54 Å². The maximum atomic E-state index is 2.60. The highest BCUT2D eigenvalue weighted by Gasteiger charge is 2.56. The number of hydrogen-bond acceptors (Lipinski definition) is 1. The molecular formula is C23H23N. The quantitative estimate of drug-likeness (QED) is 0.589. The van der Waals surface area contributed by atoms with E-state index in [0.717, 1.165) is 6.54 Å². The summed E-state index contributed by atoms with van der Waals surface area (Å²) in [5.41, 5.74) is 5.47. The Morgan fingerprint density at radius 1 is 0.750 bits per heavy atom. The van der Waals surface area contributed by atoms with Crippen molar-refractivity contribution in [2.75, 3.05) is 6.54 Å². The number of rotatable bonds is 4. The molecule has 2 unspecified atom stereocenters. The lowest BCUT2D eigenvalue weighted by molar-refractivity contribution is 0.367. The van der Waals surface area contributed by atoms with Gasteiger partial charge in [0.15, 0.2) is 0 Å². The van der Waals surface area contributed by atoms with Gasteiger partial charge in [-0.15, -0.1) is 0 Å². The molecule has 0 radical (unpaired) electrons. The van der Waals surface area contributed by atoms with Crippen molar-refractivity contribution in [3.05, 3.63) is 107 Å². The van der Waals surface area contributed by atoms with Crippen molar-refractivity contribution < 1.29 is 0 Å². The number of hydrogen-bond donors (Lipinski definition) is 0. The van der Waals surface area contributed by atoms with E-state index in [1.165, 1.54) is 22.3 Å². The molecule has 0 aromatic heterocycles. The van der Waals surface area contributed by atoms with E-state index < -0.39 is 0 Å². The van der Waals surface area contributed by atoms with Crippen LogP contribution in [-0.2, 0) is 5.54 Å². The molecule has 1 nitrogen and oxygen atoms in total. The van der Waals surface area contributed by atoms with E-state index in [9.17, 15) is 0 Å².